The molecule has 0 spiro atoms. The van der Waals surface area contributed by atoms with Crippen molar-refractivity contribution in [3.05, 3.63) is 35.4 Å². The second-order valence-corrected chi connectivity index (χ2v) is 9.30. The van der Waals surface area contributed by atoms with E-state index >= 15 is 0 Å². The summed E-state index contributed by atoms with van der Waals surface area (Å²) in [4.78, 5) is 15.1. The first kappa shape index (κ1) is 16.5. The molecule has 1 aliphatic carbocycles. The van der Waals surface area contributed by atoms with Crippen molar-refractivity contribution < 1.29 is 13.2 Å². The Kier molecular flexibility index (Phi) is 4.25. The molecule has 2 atom stereocenters. The lowest BCUT2D eigenvalue weighted by Gasteiger charge is -2.44. The third-order valence-electron chi connectivity index (χ3n) is 5.29. The average molecular weight is 335 g/mol. The van der Waals surface area contributed by atoms with E-state index in [1.54, 1.807) is 0 Å². The molecule has 0 radical (unpaired) electrons. The van der Waals surface area contributed by atoms with Crippen LogP contribution in [0.5, 0.6) is 0 Å². The molecule has 0 aromatic heterocycles. The van der Waals surface area contributed by atoms with Crippen LogP contribution < -0.4 is 0 Å². The van der Waals surface area contributed by atoms with Crippen molar-refractivity contribution in [2.45, 2.75) is 51.0 Å². The fourth-order valence-electron chi connectivity index (χ4n) is 3.89. The van der Waals surface area contributed by atoms with E-state index in [0.717, 1.165) is 24.8 Å². The van der Waals surface area contributed by atoms with Crippen LogP contribution in [0.2, 0.25) is 0 Å². The normalized spacial score (nSPS) is 28.0. The number of amides is 1. The highest BCUT2D eigenvalue weighted by Gasteiger charge is 2.48. The molecular weight excluding hydrogens is 310 g/mol. The largest absolute Gasteiger partial charge is 0.338 e. The fraction of sp³-hybridized carbons (Fsp3) is 0.611. The molecule has 5 heteroatoms. The molecule has 3 rings (SSSR count). The number of carbonyl (C=O) groups is 1. The molecular formula is C18H25NO3S. The first-order valence-corrected chi connectivity index (χ1v) is 10.3. The summed E-state index contributed by atoms with van der Waals surface area (Å²) in [6.45, 7) is 4.75. The van der Waals surface area contributed by atoms with Crippen LogP contribution in [0, 0.1) is 0 Å². The summed E-state index contributed by atoms with van der Waals surface area (Å²) < 4.78 is 23.7. The van der Waals surface area contributed by atoms with E-state index in [0.29, 0.717) is 13.0 Å². The lowest BCUT2D eigenvalue weighted by Crippen LogP contribution is -2.55. The van der Waals surface area contributed by atoms with Crippen molar-refractivity contribution in [1.29, 1.82) is 0 Å². The highest BCUT2D eigenvalue weighted by atomic mass is 32.2. The SMILES string of the molecule is CCCCN(C(=O)C1(C)Cc2ccccc21)C1CCS(=O)(=O)C1. The molecule has 1 amide bonds. The lowest BCUT2D eigenvalue weighted by molar-refractivity contribution is -0.139. The van der Waals surface area contributed by atoms with Gasteiger partial charge in [-0.25, -0.2) is 8.42 Å². The summed E-state index contributed by atoms with van der Waals surface area (Å²) >= 11 is 0. The number of carbonyl (C=O) groups excluding carboxylic acids is 1. The summed E-state index contributed by atoms with van der Waals surface area (Å²) in [7, 11) is -2.99. The first-order chi connectivity index (χ1) is 10.9. The minimum absolute atomic E-state index is 0.103. The topological polar surface area (TPSA) is 54.5 Å². The maximum Gasteiger partial charge on any atom is 0.233 e. The maximum absolute atomic E-state index is 13.2. The van der Waals surface area contributed by atoms with E-state index in [4.69, 9.17) is 0 Å². The summed E-state index contributed by atoms with van der Waals surface area (Å²) in [5, 5.41) is 0. The van der Waals surface area contributed by atoms with Crippen molar-refractivity contribution in [3.8, 4) is 0 Å². The summed E-state index contributed by atoms with van der Waals surface area (Å²) in [6, 6.07) is 7.92. The molecule has 2 unspecified atom stereocenters. The van der Waals surface area contributed by atoms with E-state index in [1.165, 1.54) is 5.56 Å². The summed E-state index contributed by atoms with van der Waals surface area (Å²) in [6.07, 6.45) is 3.25. The predicted octanol–water partition coefficient (Wildman–Crippen LogP) is 2.32. The van der Waals surface area contributed by atoms with Crippen molar-refractivity contribution in [2.75, 3.05) is 18.1 Å². The Labute approximate surface area is 138 Å². The highest BCUT2D eigenvalue weighted by Crippen LogP contribution is 2.42. The number of hydrogen-bond donors (Lipinski definition) is 0. The number of fused-ring (bicyclic) bond motifs is 1. The summed E-state index contributed by atoms with van der Waals surface area (Å²) in [5.41, 5.74) is 1.85. The highest BCUT2D eigenvalue weighted by molar-refractivity contribution is 7.91. The Morgan fingerprint density at radius 1 is 1.35 bits per heavy atom. The van der Waals surface area contributed by atoms with Crippen LogP contribution in [0.25, 0.3) is 0 Å². The van der Waals surface area contributed by atoms with Gasteiger partial charge in [0, 0.05) is 12.6 Å². The lowest BCUT2D eigenvalue weighted by atomic mass is 9.64. The molecule has 23 heavy (non-hydrogen) atoms. The van der Waals surface area contributed by atoms with E-state index in [9.17, 15) is 13.2 Å². The molecule has 0 N–H and O–H groups in total. The smallest absolute Gasteiger partial charge is 0.233 e. The Hall–Kier alpha value is -1.36. The Morgan fingerprint density at radius 3 is 2.70 bits per heavy atom. The number of rotatable bonds is 5. The van der Waals surface area contributed by atoms with Gasteiger partial charge in [0.25, 0.3) is 0 Å². The van der Waals surface area contributed by atoms with Crippen molar-refractivity contribution in [3.63, 3.8) is 0 Å². The molecule has 1 heterocycles. The van der Waals surface area contributed by atoms with Crippen LogP contribution >= 0.6 is 0 Å². The fourth-order valence-corrected chi connectivity index (χ4v) is 5.62. The van der Waals surface area contributed by atoms with Crippen molar-refractivity contribution >= 4 is 15.7 Å². The van der Waals surface area contributed by atoms with Crippen LogP contribution in [0.15, 0.2) is 24.3 Å². The molecule has 2 aliphatic rings. The molecule has 1 fully saturated rings. The van der Waals surface area contributed by atoms with Crippen LogP contribution in [-0.4, -0.2) is 43.3 Å². The number of benzene rings is 1. The van der Waals surface area contributed by atoms with Gasteiger partial charge in [-0.2, -0.15) is 0 Å². The predicted molar refractivity (Wildman–Crippen MR) is 91.2 cm³/mol. The standard InChI is InChI=1S/C18H25NO3S/c1-3-4-10-19(15-9-11-23(21,22)13-15)17(20)18(2)12-14-7-5-6-8-16(14)18/h5-8,15H,3-4,9-13H2,1-2H3. The van der Waals surface area contributed by atoms with Crippen molar-refractivity contribution in [1.82, 2.24) is 4.90 Å². The van der Waals surface area contributed by atoms with Gasteiger partial charge in [-0.1, -0.05) is 37.6 Å². The molecule has 1 aromatic carbocycles. The zero-order valence-electron chi connectivity index (χ0n) is 13.9. The van der Waals surface area contributed by atoms with Gasteiger partial charge in [0.1, 0.15) is 0 Å². The second-order valence-electron chi connectivity index (χ2n) is 7.07. The van der Waals surface area contributed by atoms with Crippen LogP contribution in [0.4, 0.5) is 0 Å². The zero-order chi connectivity index (χ0) is 16.7. The Bertz CT molecular complexity index is 713. The summed E-state index contributed by atoms with van der Waals surface area (Å²) in [5.74, 6) is 0.438. The van der Waals surface area contributed by atoms with Gasteiger partial charge in [0.15, 0.2) is 9.84 Å². The van der Waals surface area contributed by atoms with Crippen molar-refractivity contribution in [2.24, 2.45) is 0 Å². The quantitative estimate of drug-likeness (QED) is 0.830. The van der Waals surface area contributed by atoms with Gasteiger partial charge in [0.2, 0.25) is 5.91 Å². The van der Waals surface area contributed by atoms with Gasteiger partial charge in [0.05, 0.1) is 16.9 Å². The van der Waals surface area contributed by atoms with Gasteiger partial charge >= 0.3 is 0 Å². The number of nitrogens with zero attached hydrogens (tertiary/aromatic N) is 1. The minimum atomic E-state index is -2.99. The Morgan fingerprint density at radius 2 is 2.09 bits per heavy atom. The molecule has 0 bridgehead atoms. The Balaban J connectivity index is 1.84. The monoisotopic (exact) mass is 335 g/mol. The van der Waals surface area contributed by atoms with Gasteiger partial charge in [-0.3, -0.25) is 4.79 Å². The molecule has 1 aliphatic heterocycles. The number of sulfone groups is 1. The number of unbranched alkanes of at least 4 members (excludes halogenated alkanes) is 1. The molecule has 1 aromatic rings. The van der Waals surface area contributed by atoms with Gasteiger partial charge < -0.3 is 4.90 Å². The van der Waals surface area contributed by atoms with E-state index < -0.39 is 15.3 Å². The van der Waals surface area contributed by atoms with Crippen LogP contribution in [-0.2, 0) is 26.5 Å². The maximum atomic E-state index is 13.2. The van der Waals surface area contributed by atoms with E-state index in [1.807, 2.05) is 30.0 Å². The van der Waals surface area contributed by atoms with Gasteiger partial charge in [-0.05, 0) is 37.3 Å². The molecule has 0 saturated carbocycles. The van der Waals surface area contributed by atoms with E-state index in [-0.39, 0.29) is 23.5 Å². The van der Waals surface area contributed by atoms with Gasteiger partial charge in [-0.15, -0.1) is 0 Å². The first-order valence-electron chi connectivity index (χ1n) is 8.47. The third-order valence-corrected chi connectivity index (χ3v) is 7.04. The zero-order valence-corrected chi connectivity index (χ0v) is 14.7. The van der Waals surface area contributed by atoms with Crippen LogP contribution in [0.3, 0.4) is 0 Å². The third kappa shape index (κ3) is 2.91. The molecule has 126 valence electrons. The molecule has 4 nitrogen and oxygen atoms in total. The second kappa shape index (κ2) is 5.93. The van der Waals surface area contributed by atoms with Crippen LogP contribution in [0.1, 0.15) is 44.2 Å². The average Bonchev–Trinajstić information content (AvgIpc) is 2.86. The molecule has 1 saturated heterocycles. The minimum Gasteiger partial charge on any atom is -0.338 e. The van der Waals surface area contributed by atoms with E-state index in [2.05, 4.69) is 13.0 Å². The number of hydrogen-bond acceptors (Lipinski definition) is 3.